The second-order valence-corrected chi connectivity index (χ2v) is 7.60. The molecule has 0 unspecified atom stereocenters. The summed E-state index contributed by atoms with van der Waals surface area (Å²) in [4.78, 5) is 12.1. The minimum absolute atomic E-state index is 0.0833. The Balaban J connectivity index is 1.38. The minimum atomic E-state index is -4.55. The summed E-state index contributed by atoms with van der Waals surface area (Å²) < 4.78 is 44.6. The zero-order valence-electron chi connectivity index (χ0n) is 16.7. The molecule has 3 nitrogen and oxygen atoms in total. The number of nitrogens with one attached hydrogen (secondary N) is 1. The van der Waals surface area contributed by atoms with Crippen LogP contribution in [-0.2, 0) is 10.9 Å². The molecule has 0 aliphatic heterocycles. The van der Waals surface area contributed by atoms with Gasteiger partial charge in [-0.15, -0.1) is 0 Å². The van der Waals surface area contributed by atoms with Gasteiger partial charge in [-0.25, -0.2) is 4.79 Å². The molecule has 0 radical (unpaired) electrons. The van der Waals surface area contributed by atoms with Crippen molar-refractivity contribution in [2.75, 3.05) is 13.2 Å². The average molecular weight is 456 g/mol. The van der Waals surface area contributed by atoms with Gasteiger partial charge in [0.05, 0.1) is 12.1 Å². The third kappa shape index (κ3) is 4.58. The lowest BCUT2D eigenvalue weighted by atomic mass is 9.98. The third-order valence-corrected chi connectivity index (χ3v) is 5.41. The Hall–Kier alpha value is -3.43. The van der Waals surface area contributed by atoms with Crippen LogP contribution in [0.25, 0.3) is 11.1 Å². The van der Waals surface area contributed by atoms with Crippen LogP contribution in [0.2, 0.25) is 5.02 Å². The fourth-order valence-corrected chi connectivity index (χ4v) is 3.94. The lowest BCUT2D eigenvalue weighted by Gasteiger charge is -2.14. The zero-order valence-corrected chi connectivity index (χ0v) is 17.4. The second-order valence-electron chi connectivity index (χ2n) is 7.17. The van der Waals surface area contributed by atoms with E-state index < -0.39 is 17.8 Å². The highest BCUT2D eigenvalue weighted by Gasteiger charge is 2.33. The SMILES string of the molecule is O=C(NCC#Cc1cc(Cl)ccc1C(F)(F)F)OCC1c2ccccc2-c2ccccc21. The summed E-state index contributed by atoms with van der Waals surface area (Å²) in [7, 11) is 0. The van der Waals surface area contributed by atoms with Crippen molar-refractivity contribution in [3.63, 3.8) is 0 Å². The molecule has 1 amide bonds. The molecule has 162 valence electrons. The van der Waals surface area contributed by atoms with Crippen LogP contribution in [0.15, 0.2) is 66.7 Å². The van der Waals surface area contributed by atoms with Crippen LogP contribution >= 0.6 is 11.6 Å². The first kappa shape index (κ1) is 21.8. The maximum Gasteiger partial charge on any atom is 0.417 e. The molecule has 0 bridgehead atoms. The maximum atomic E-state index is 13.1. The fraction of sp³-hybridized carbons (Fsp3) is 0.160. The van der Waals surface area contributed by atoms with Gasteiger partial charge in [-0.2, -0.15) is 13.2 Å². The van der Waals surface area contributed by atoms with Gasteiger partial charge >= 0.3 is 12.3 Å². The highest BCUT2D eigenvalue weighted by molar-refractivity contribution is 6.30. The minimum Gasteiger partial charge on any atom is -0.449 e. The summed E-state index contributed by atoms with van der Waals surface area (Å²) >= 11 is 5.78. The lowest BCUT2D eigenvalue weighted by Crippen LogP contribution is -2.26. The Bertz CT molecular complexity index is 1180. The average Bonchev–Trinajstić information content (AvgIpc) is 3.08. The van der Waals surface area contributed by atoms with Gasteiger partial charge in [-0.1, -0.05) is 72.0 Å². The van der Waals surface area contributed by atoms with Crippen molar-refractivity contribution in [2.24, 2.45) is 0 Å². The summed E-state index contributed by atoms with van der Waals surface area (Å²) in [5.41, 5.74) is 3.27. The molecule has 1 aliphatic carbocycles. The maximum absolute atomic E-state index is 13.1. The molecule has 3 aromatic carbocycles. The van der Waals surface area contributed by atoms with Crippen LogP contribution in [0, 0.1) is 11.8 Å². The van der Waals surface area contributed by atoms with Crippen LogP contribution < -0.4 is 5.32 Å². The number of carbonyl (C=O) groups excluding carboxylic acids is 1. The number of halogens is 4. The molecular formula is C25H17ClF3NO2. The Morgan fingerprint density at radius 3 is 2.25 bits per heavy atom. The number of fused-ring (bicyclic) bond motifs is 3. The summed E-state index contributed by atoms with van der Waals surface area (Å²) in [6.45, 7) is -0.0275. The number of alkyl carbamates (subject to hydrolysis) is 1. The predicted molar refractivity (Wildman–Crippen MR) is 116 cm³/mol. The van der Waals surface area contributed by atoms with Gasteiger partial charge in [-0.3, -0.25) is 0 Å². The molecule has 7 heteroatoms. The van der Waals surface area contributed by atoms with Gasteiger partial charge in [0.25, 0.3) is 0 Å². The molecular weight excluding hydrogens is 439 g/mol. The van der Waals surface area contributed by atoms with Crippen LogP contribution in [0.1, 0.15) is 28.2 Å². The number of benzene rings is 3. The van der Waals surface area contributed by atoms with E-state index in [0.29, 0.717) is 0 Å². The van der Waals surface area contributed by atoms with E-state index in [4.69, 9.17) is 16.3 Å². The van der Waals surface area contributed by atoms with Crippen LogP contribution in [-0.4, -0.2) is 19.2 Å². The molecule has 1 aliphatic rings. The van der Waals surface area contributed by atoms with Crippen molar-refractivity contribution in [3.05, 3.63) is 94.0 Å². The Morgan fingerprint density at radius 2 is 1.62 bits per heavy atom. The Labute approximate surface area is 188 Å². The summed E-state index contributed by atoms with van der Waals surface area (Å²) in [5.74, 6) is 4.84. The topological polar surface area (TPSA) is 38.3 Å². The van der Waals surface area contributed by atoms with Crippen LogP contribution in [0.3, 0.4) is 0 Å². The van der Waals surface area contributed by atoms with Crippen molar-refractivity contribution < 1.29 is 22.7 Å². The van der Waals surface area contributed by atoms with Gasteiger partial charge in [-0.05, 0) is 40.5 Å². The molecule has 0 aromatic heterocycles. The Morgan fingerprint density at radius 1 is 1.00 bits per heavy atom. The highest BCUT2D eigenvalue weighted by atomic mass is 35.5. The van der Waals surface area contributed by atoms with E-state index in [0.717, 1.165) is 40.5 Å². The van der Waals surface area contributed by atoms with E-state index in [1.807, 2.05) is 48.5 Å². The first-order valence-electron chi connectivity index (χ1n) is 9.79. The molecule has 0 saturated carbocycles. The summed E-state index contributed by atoms with van der Waals surface area (Å²) in [6, 6.07) is 19.1. The van der Waals surface area contributed by atoms with Crippen molar-refractivity contribution in [1.29, 1.82) is 0 Å². The summed E-state index contributed by atoms with van der Waals surface area (Å²) in [5, 5.41) is 2.59. The molecule has 3 aromatic rings. The molecule has 0 saturated heterocycles. The number of rotatable bonds is 3. The lowest BCUT2D eigenvalue weighted by molar-refractivity contribution is -0.137. The van der Waals surface area contributed by atoms with Crippen molar-refractivity contribution in [2.45, 2.75) is 12.1 Å². The molecule has 0 fully saturated rings. The quantitative estimate of drug-likeness (QED) is 0.474. The zero-order chi connectivity index (χ0) is 22.7. The molecule has 0 heterocycles. The van der Waals surface area contributed by atoms with Crippen LogP contribution in [0.5, 0.6) is 0 Å². The second kappa shape index (κ2) is 8.97. The van der Waals surface area contributed by atoms with E-state index in [1.54, 1.807) is 0 Å². The van der Waals surface area contributed by atoms with E-state index in [2.05, 4.69) is 17.2 Å². The first-order chi connectivity index (χ1) is 15.3. The van der Waals surface area contributed by atoms with Crippen molar-refractivity contribution in [3.8, 4) is 23.0 Å². The highest BCUT2D eigenvalue weighted by Crippen LogP contribution is 2.44. The number of hydrogen-bond donors (Lipinski definition) is 1. The number of carbonyl (C=O) groups is 1. The monoisotopic (exact) mass is 455 g/mol. The number of alkyl halides is 3. The molecule has 4 rings (SSSR count). The summed E-state index contributed by atoms with van der Waals surface area (Å²) in [6.07, 6.45) is -5.24. The van der Waals surface area contributed by atoms with E-state index in [1.165, 1.54) is 0 Å². The fourth-order valence-electron chi connectivity index (χ4n) is 3.77. The molecule has 0 atom stereocenters. The van der Waals surface area contributed by atoms with Crippen molar-refractivity contribution >= 4 is 17.7 Å². The van der Waals surface area contributed by atoms with Gasteiger partial charge in [0.1, 0.15) is 6.61 Å². The standard InChI is InChI=1S/C25H17ClF3NO2/c26-17-11-12-23(25(27,28)29)16(14-17)6-5-13-30-24(31)32-15-22-20-9-3-1-7-18(20)19-8-2-4-10-21(19)22/h1-4,7-12,14,22H,13,15H2,(H,30,31). The number of hydrogen-bond acceptors (Lipinski definition) is 2. The normalized spacial score (nSPS) is 12.4. The smallest absolute Gasteiger partial charge is 0.417 e. The van der Waals surface area contributed by atoms with E-state index in [-0.39, 0.29) is 29.7 Å². The van der Waals surface area contributed by atoms with E-state index >= 15 is 0 Å². The number of amides is 1. The van der Waals surface area contributed by atoms with Gasteiger partial charge in [0.15, 0.2) is 0 Å². The first-order valence-corrected chi connectivity index (χ1v) is 10.2. The third-order valence-electron chi connectivity index (χ3n) is 5.17. The molecule has 0 spiro atoms. The van der Waals surface area contributed by atoms with Gasteiger partial charge in [0, 0.05) is 16.5 Å². The van der Waals surface area contributed by atoms with Gasteiger partial charge in [0.2, 0.25) is 0 Å². The largest absolute Gasteiger partial charge is 0.449 e. The predicted octanol–water partition coefficient (Wildman–Crippen LogP) is 6.25. The molecule has 32 heavy (non-hydrogen) atoms. The Kier molecular flexibility index (Phi) is 6.11. The van der Waals surface area contributed by atoms with Crippen LogP contribution in [0.4, 0.5) is 18.0 Å². The molecule has 1 N–H and O–H groups in total. The van der Waals surface area contributed by atoms with Gasteiger partial charge < -0.3 is 10.1 Å². The van der Waals surface area contributed by atoms with E-state index in [9.17, 15) is 18.0 Å². The van der Waals surface area contributed by atoms with Crippen molar-refractivity contribution in [1.82, 2.24) is 5.32 Å². The number of ether oxygens (including phenoxy) is 1.